The molecule has 0 amide bonds. The Balaban J connectivity index is 3.10. The van der Waals surface area contributed by atoms with Gasteiger partial charge in [0.2, 0.25) is 0 Å². The molecule has 12 heavy (non-hydrogen) atoms. The molecule has 1 N–H and O–H groups in total. The van der Waals surface area contributed by atoms with Crippen molar-refractivity contribution in [2.75, 3.05) is 13.2 Å². The molecule has 0 rings (SSSR count). The number of hydrogen-bond donors (Lipinski definition) is 1. The molecule has 0 fully saturated rings. The lowest BCUT2D eigenvalue weighted by atomic mass is 10.2. The highest BCUT2D eigenvalue weighted by molar-refractivity contribution is 5.68. The monoisotopic (exact) mass is 176 g/mol. The van der Waals surface area contributed by atoms with Gasteiger partial charge in [0.25, 0.3) is 0 Å². The molecule has 0 saturated heterocycles. The summed E-state index contributed by atoms with van der Waals surface area (Å²) in [5.74, 6) is -0.364. The second kappa shape index (κ2) is 8.49. The van der Waals surface area contributed by atoms with Crippen LogP contribution in [-0.2, 0) is 14.6 Å². The molecule has 0 aliphatic carbocycles. The number of carbonyl (C=O) groups excluding carboxylic acids is 1. The average Bonchev–Trinajstić information content (AvgIpc) is 2.06. The van der Waals surface area contributed by atoms with Gasteiger partial charge in [0.1, 0.15) is 6.61 Å². The van der Waals surface area contributed by atoms with Crippen LogP contribution in [0, 0.1) is 0 Å². The smallest absolute Gasteiger partial charge is 0.342 e. The zero-order valence-corrected chi connectivity index (χ0v) is 7.41. The molecule has 0 bridgehead atoms. The van der Waals surface area contributed by atoms with Crippen molar-refractivity contribution in [1.29, 1.82) is 0 Å². The summed E-state index contributed by atoms with van der Waals surface area (Å²) in [6.07, 6.45) is 3.32. The van der Waals surface area contributed by atoms with Gasteiger partial charge in [0, 0.05) is 6.42 Å². The van der Waals surface area contributed by atoms with Crippen LogP contribution >= 0.6 is 0 Å². The van der Waals surface area contributed by atoms with Crippen LogP contribution in [0.3, 0.4) is 0 Å². The summed E-state index contributed by atoms with van der Waals surface area (Å²) in [5.41, 5.74) is 0. The van der Waals surface area contributed by atoms with Crippen LogP contribution in [0.2, 0.25) is 0 Å². The molecule has 0 heterocycles. The predicted molar refractivity (Wildman–Crippen MR) is 43.3 cm³/mol. The van der Waals surface area contributed by atoms with Gasteiger partial charge in [-0.2, -0.15) is 4.89 Å². The molecule has 0 aliphatic rings. The summed E-state index contributed by atoms with van der Waals surface area (Å²) in [4.78, 5) is 19.5. The van der Waals surface area contributed by atoms with Crippen molar-refractivity contribution in [3.05, 3.63) is 0 Å². The van der Waals surface area contributed by atoms with E-state index in [2.05, 4.69) is 16.7 Å². The van der Waals surface area contributed by atoms with E-state index in [1.165, 1.54) is 0 Å². The Morgan fingerprint density at radius 2 is 2.17 bits per heavy atom. The molecule has 0 atom stereocenters. The number of carbonyl (C=O) groups is 1. The highest BCUT2D eigenvalue weighted by Gasteiger charge is 2.02. The maximum atomic E-state index is 10.8. The average molecular weight is 176 g/mol. The fraction of sp³-hybridized carbons (Fsp3) is 0.875. The first-order valence-corrected chi connectivity index (χ1v) is 4.24. The van der Waals surface area contributed by atoms with Crippen molar-refractivity contribution < 1.29 is 19.7 Å². The van der Waals surface area contributed by atoms with Crippen LogP contribution in [0.15, 0.2) is 0 Å². The van der Waals surface area contributed by atoms with Gasteiger partial charge < -0.3 is 5.11 Å². The molecule has 4 nitrogen and oxygen atoms in total. The zero-order chi connectivity index (χ0) is 9.23. The van der Waals surface area contributed by atoms with Gasteiger partial charge in [-0.05, 0) is 6.42 Å². The standard InChI is InChI=1S/C8H16O4/c1-2-3-4-5-8(10)12-11-7-6-9/h9H,2-7H2,1H3. The Morgan fingerprint density at radius 1 is 1.42 bits per heavy atom. The highest BCUT2D eigenvalue weighted by atomic mass is 17.2. The number of rotatable bonds is 7. The molecule has 0 radical (unpaired) electrons. The molecule has 0 aromatic heterocycles. The fourth-order valence-electron chi connectivity index (χ4n) is 0.706. The van der Waals surface area contributed by atoms with E-state index in [9.17, 15) is 4.79 Å². The summed E-state index contributed by atoms with van der Waals surface area (Å²) in [6.45, 7) is 1.97. The molecular weight excluding hydrogens is 160 g/mol. The Bertz CT molecular complexity index is 102. The minimum atomic E-state index is -0.364. The lowest BCUT2D eigenvalue weighted by Gasteiger charge is -2.00. The third kappa shape index (κ3) is 7.50. The van der Waals surface area contributed by atoms with Gasteiger partial charge in [-0.1, -0.05) is 19.8 Å². The van der Waals surface area contributed by atoms with Crippen LogP contribution < -0.4 is 0 Å². The maximum absolute atomic E-state index is 10.8. The van der Waals surface area contributed by atoms with Crippen molar-refractivity contribution in [3.8, 4) is 0 Å². The second-order valence-electron chi connectivity index (χ2n) is 2.46. The normalized spacial score (nSPS) is 9.83. The largest absolute Gasteiger partial charge is 0.394 e. The van der Waals surface area contributed by atoms with E-state index in [0.29, 0.717) is 6.42 Å². The van der Waals surface area contributed by atoms with E-state index in [0.717, 1.165) is 19.3 Å². The first kappa shape index (κ1) is 11.4. The Labute approximate surface area is 72.4 Å². The molecule has 0 aromatic rings. The van der Waals surface area contributed by atoms with Gasteiger partial charge in [0.05, 0.1) is 6.61 Å². The van der Waals surface area contributed by atoms with Crippen LogP contribution in [0.4, 0.5) is 0 Å². The number of unbranched alkanes of at least 4 members (excludes halogenated alkanes) is 2. The first-order valence-electron chi connectivity index (χ1n) is 4.24. The Hall–Kier alpha value is -0.610. The SMILES string of the molecule is CCCCCC(=O)OOCCO. The molecule has 0 saturated carbocycles. The highest BCUT2D eigenvalue weighted by Crippen LogP contribution is 2.00. The topological polar surface area (TPSA) is 55.8 Å². The van der Waals surface area contributed by atoms with E-state index in [1.54, 1.807) is 0 Å². The molecule has 0 aliphatic heterocycles. The fourth-order valence-corrected chi connectivity index (χ4v) is 0.706. The van der Waals surface area contributed by atoms with Crippen LogP contribution in [0.25, 0.3) is 0 Å². The molecule has 72 valence electrons. The zero-order valence-electron chi connectivity index (χ0n) is 7.41. The minimum Gasteiger partial charge on any atom is -0.394 e. The van der Waals surface area contributed by atoms with Gasteiger partial charge in [-0.15, -0.1) is 0 Å². The second-order valence-corrected chi connectivity index (χ2v) is 2.46. The summed E-state index contributed by atoms with van der Waals surface area (Å²) >= 11 is 0. The van der Waals surface area contributed by atoms with Gasteiger partial charge in [-0.3, -0.25) is 4.89 Å². The third-order valence-electron chi connectivity index (χ3n) is 1.31. The van der Waals surface area contributed by atoms with Gasteiger partial charge in [0.15, 0.2) is 0 Å². The predicted octanol–water partition coefficient (Wildman–Crippen LogP) is 1.03. The van der Waals surface area contributed by atoms with Crippen molar-refractivity contribution in [2.24, 2.45) is 0 Å². The van der Waals surface area contributed by atoms with E-state index in [-0.39, 0.29) is 19.2 Å². The van der Waals surface area contributed by atoms with Crippen LogP contribution in [0.1, 0.15) is 32.6 Å². The van der Waals surface area contributed by atoms with Crippen molar-refractivity contribution >= 4 is 5.97 Å². The summed E-state index contributed by atoms with van der Waals surface area (Å²) in [6, 6.07) is 0. The number of hydrogen-bond acceptors (Lipinski definition) is 4. The Kier molecular flexibility index (Phi) is 8.05. The van der Waals surface area contributed by atoms with E-state index in [4.69, 9.17) is 5.11 Å². The molecule has 4 heteroatoms. The molecule has 0 spiro atoms. The molecular formula is C8H16O4. The van der Waals surface area contributed by atoms with Crippen molar-refractivity contribution in [3.63, 3.8) is 0 Å². The van der Waals surface area contributed by atoms with Crippen LogP contribution in [0.5, 0.6) is 0 Å². The Morgan fingerprint density at radius 3 is 2.75 bits per heavy atom. The van der Waals surface area contributed by atoms with Crippen molar-refractivity contribution in [2.45, 2.75) is 32.6 Å². The van der Waals surface area contributed by atoms with Gasteiger partial charge >= 0.3 is 5.97 Å². The molecule has 0 unspecified atom stereocenters. The van der Waals surface area contributed by atoms with E-state index >= 15 is 0 Å². The lowest BCUT2D eigenvalue weighted by molar-refractivity contribution is -0.275. The number of aliphatic hydroxyl groups excluding tert-OH is 1. The van der Waals surface area contributed by atoms with Gasteiger partial charge in [-0.25, -0.2) is 4.79 Å². The third-order valence-corrected chi connectivity index (χ3v) is 1.31. The number of aliphatic hydroxyl groups is 1. The van der Waals surface area contributed by atoms with Crippen LogP contribution in [-0.4, -0.2) is 24.3 Å². The van der Waals surface area contributed by atoms with E-state index < -0.39 is 0 Å². The summed E-state index contributed by atoms with van der Waals surface area (Å²) in [5, 5.41) is 8.28. The molecule has 0 aromatic carbocycles. The van der Waals surface area contributed by atoms with Crippen molar-refractivity contribution in [1.82, 2.24) is 0 Å². The summed E-state index contributed by atoms with van der Waals surface area (Å²) in [7, 11) is 0. The first-order chi connectivity index (χ1) is 5.81. The quantitative estimate of drug-likeness (QED) is 0.357. The lowest BCUT2D eigenvalue weighted by Crippen LogP contribution is -2.07. The summed E-state index contributed by atoms with van der Waals surface area (Å²) < 4.78 is 0. The van der Waals surface area contributed by atoms with E-state index in [1.807, 2.05) is 0 Å². The minimum absolute atomic E-state index is 0.0412. The maximum Gasteiger partial charge on any atom is 0.342 e.